The lowest BCUT2D eigenvalue weighted by Gasteiger charge is -2.35. The van der Waals surface area contributed by atoms with Crippen LogP contribution in [0.1, 0.15) is 65.8 Å². The minimum absolute atomic E-state index is 0.161. The first kappa shape index (κ1) is 18.7. The van der Waals surface area contributed by atoms with Gasteiger partial charge >= 0.3 is 0 Å². The molecule has 0 aliphatic carbocycles. The van der Waals surface area contributed by atoms with Gasteiger partial charge in [-0.1, -0.05) is 20.8 Å². The van der Waals surface area contributed by atoms with Crippen molar-refractivity contribution in [1.29, 1.82) is 0 Å². The van der Waals surface area contributed by atoms with Gasteiger partial charge in [-0.25, -0.2) is 0 Å². The highest BCUT2D eigenvalue weighted by Crippen LogP contribution is 2.34. The highest BCUT2D eigenvalue weighted by molar-refractivity contribution is 9.10. The summed E-state index contributed by atoms with van der Waals surface area (Å²) in [7, 11) is 2.06. The van der Waals surface area contributed by atoms with Crippen LogP contribution in [0, 0.1) is 5.41 Å². The van der Waals surface area contributed by atoms with Gasteiger partial charge in [-0.05, 0) is 67.8 Å². The molecule has 1 N–H and O–H groups in total. The number of aryl methyl sites for hydroxylation is 2. The van der Waals surface area contributed by atoms with Gasteiger partial charge in [0.25, 0.3) is 0 Å². The van der Waals surface area contributed by atoms with E-state index in [4.69, 9.17) is 0 Å². The molecule has 0 spiro atoms. The van der Waals surface area contributed by atoms with E-state index in [1.807, 2.05) is 0 Å². The summed E-state index contributed by atoms with van der Waals surface area (Å²) < 4.78 is 3.26. The molecule has 122 valence electrons. The molecule has 1 aromatic heterocycles. The Balaban J connectivity index is 3.00. The van der Waals surface area contributed by atoms with Crippen molar-refractivity contribution >= 4 is 15.9 Å². The van der Waals surface area contributed by atoms with Crippen molar-refractivity contribution in [3.63, 3.8) is 0 Å². The van der Waals surface area contributed by atoms with Crippen LogP contribution in [0.15, 0.2) is 4.47 Å². The molecular weight excluding hydrogens is 326 g/mol. The summed E-state index contributed by atoms with van der Waals surface area (Å²) >= 11 is 3.76. The second-order valence-electron chi connectivity index (χ2n) is 7.17. The van der Waals surface area contributed by atoms with E-state index < -0.39 is 0 Å². The average Bonchev–Trinajstić information content (AvgIpc) is 2.69. The summed E-state index contributed by atoms with van der Waals surface area (Å²) in [6.07, 6.45) is 4.38. The summed E-state index contributed by atoms with van der Waals surface area (Å²) in [4.78, 5) is 0. The number of nitrogens with one attached hydrogen (secondary N) is 1. The second kappa shape index (κ2) is 7.28. The molecule has 1 rings (SSSR count). The maximum absolute atomic E-state index is 4.64. The van der Waals surface area contributed by atoms with Crippen molar-refractivity contribution in [2.24, 2.45) is 12.5 Å². The molecule has 21 heavy (non-hydrogen) atoms. The van der Waals surface area contributed by atoms with Crippen LogP contribution in [0.25, 0.3) is 0 Å². The van der Waals surface area contributed by atoms with E-state index in [9.17, 15) is 0 Å². The van der Waals surface area contributed by atoms with Crippen LogP contribution in [-0.4, -0.2) is 21.9 Å². The molecular formula is C17H32BrN3. The largest absolute Gasteiger partial charge is 0.312 e. The molecule has 0 bridgehead atoms. The van der Waals surface area contributed by atoms with Gasteiger partial charge in [-0.15, -0.1) is 0 Å². The maximum Gasteiger partial charge on any atom is 0.0766 e. The molecule has 0 saturated heterocycles. The van der Waals surface area contributed by atoms with Gasteiger partial charge in [-0.3, -0.25) is 4.68 Å². The van der Waals surface area contributed by atoms with E-state index in [0.717, 1.165) is 25.1 Å². The summed E-state index contributed by atoms with van der Waals surface area (Å²) in [5.41, 5.74) is 2.94. The fourth-order valence-corrected chi connectivity index (χ4v) is 3.39. The molecule has 0 amide bonds. The summed E-state index contributed by atoms with van der Waals surface area (Å²) in [6.45, 7) is 14.5. The molecule has 0 radical (unpaired) electrons. The molecule has 3 nitrogen and oxygen atoms in total. The standard InChI is InChI=1S/C17H32BrN3/c1-8-13-15(18)14(21(7)20-13)11-17(9-2,10-3)12-19-16(4,5)6/h19H,8-12H2,1-7H3. The molecule has 1 aromatic rings. The molecule has 0 unspecified atom stereocenters. The van der Waals surface area contributed by atoms with Crippen LogP contribution < -0.4 is 5.32 Å². The van der Waals surface area contributed by atoms with Gasteiger partial charge in [-0.2, -0.15) is 5.10 Å². The first-order valence-corrected chi connectivity index (χ1v) is 8.92. The molecule has 4 heteroatoms. The lowest BCUT2D eigenvalue weighted by atomic mass is 9.77. The van der Waals surface area contributed by atoms with Crippen LogP contribution in [0.4, 0.5) is 0 Å². The number of rotatable bonds is 7. The number of nitrogens with zero attached hydrogens (tertiary/aromatic N) is 2. The van der Waals surface area contributed by atoms with Gasteiger partial charge in [0, 0.05) is 19.1 Å². The van der Waals surface area contributed by atoms with E-state index in [1.54, 1.807) is 0 Å². The highest BCUT2D eigenvalue weighted by Gasteiger charge is 2.30. The normalized spacial score (nSPS) is 13.0. The van der Waals surface area contributed by atoms with Crippen LogP contribution in [0.2, 0.25) is 0 Å². The second-order valence-corrected chi connectivity index (χ2v) is 7.96. The first-order valence-electron chi connectivity index (χ1n) is 8.13. The van der Waals surface area contributed by atoms with Crippen LogP contribution in [-0.2, 0) is 19.9 Å². The Morgan fingerprint density at radius 1 is 1.14 bits per heavy atom. The van der Waals surface area contributed by atoms with Crippen molar-refractivity contribution in [3.05, 3.63) is 15.9 Å². The topological polar surface area (TPSA) is 29.9 Å². The van der Waals surface area contributed by atoms with Crippen LogP contribution in [0.3, 0.4) is 0 Å². The van der Waals surface area contributed by atoms with E-state index in [-0.39, 0.29) is 11.0 Å². The van der Waals surface area contributed by atoms with E-state index in [1.165, 1.54) is 23.0 Å². The third-order valence-corrected chi connectivity index (χ3v) is 5.45. The zero-order valence-corrected chi connectivity index (χ0v) is 16.4. The van der Waals surface area contributed by atoms with Gasteiger partial charge in [0.2, 0.25) is 0 Å². The third-order valence-electron chi connectivity index (χ3n) is 4.54. The fraction of sp³-hybridized carbons (Fsp3) is 0.824. The number of hydrogen-bond donors (Lipinski definition) is 1. The fourth-order valence-electron chi connectivity index (χ4n) is 2.63. The predicted molar refractivity (Wildman–Crippen MR) is 94.8 cm³/mol. The van der Waals surface area contributed by atoms with Crippen molar-refractivity contribution < 1.29 is 0 Å². The SMILES string of the molecule is CCc1nn(C)c(CC(CC)(CC)CNC(C)(C)C)c1Br. The molecule has 0 saturated carbocycles. The van der Waals surface area contributed by atoms with E-state index in [2.05, 4.69) is 79.6 Å². The number of aromatic nitrogens is 2. The number of hydrogen-bond acceptors (Lipinski definition) is 2. The Morgan fingerprint density at radius 3 is 2.10 bits per heavy atom. The first-order chi connectivity index (χ1) is 9.68. The molecule has 0 aromatic carbocycles. The van der Waals surface area contributed by atoms with Crippen LogP contribution >= 0.6 is 15.9 Å². The minimum Gasteiger partial charge on any atom is -0.312 e. The van der Waals surface area contributed by atoms with Gasteiger partial charge < -0.3 is 5.32 Å². The van der Waals surface area contributed by atoms with Gasteiger partial charge in [0.15, 0.2) is 0 Å². The maximum atomic E-state index is 4.64. The molecule has 1 heterocycles. The Bertz CT molecular complexity index is 453. The van der Waals surface area contributed by atoms with Gasteiger partial charge in [0.05, 0.1) is 15.9 Å². The Hall–Kier alpha value is -0.350. The van der Waals surface area contributed by atoms with E-state index >= 15 is 0 Å². The lowest BCUT2D eigenvalue weighted by Crippen LogP contribution is -2.44. The smallest absolute Gasteiger partial charge is 0.0766 e. The van der Waals surface area contributed by atoms with Crippen LogP contribution in [0.5, 0.6) is 0 Å². The van der Waals surface area contributed by atoms with Crippen molar-refractivity contribution in [3.8, 4) is 0 Å². The van der Waals surface area contributed by atoms with Crippen molar-refractivity contribution in [1.82, 2.24) is 15.1 Å². The number of halogens is 1. The Labute approximate surface area is 139 Å². The zero-order chi connectivity index (χ0) is 16.3. The third kappa shape index (κ3) is 4.82. The van der Waals surface area contributed by atoms with Crippen molar-refractivity contribution in [2.45, 2.75) is 72.8 Å². The quantitative estimate of drug-likeness (QED) is 0.779. The average molecular weight is 358 g/mol. The highest BCUT2D eigenvalue weighted by atomic mass is 79.9. The molecule has 0 aliphatic heterocycles. The molecule has 0 atom stereocenters. The monoisotopic (exact) mass is 357 g/mol. The summed E-state index contributed by atoms with van der Waals surface area (Å²) in [5, 5.41) is 8.34. The molecule has 0 aliphatic rings. The van der Waals surface area contributed by atoms with Gasteiger partial charge in [0.1, 0.15) is 0 Å². The van der Waals surface area contributed by atoms with Crippen molar-refractivity contribution in [2.75, 3.05) is 6.54 Å². The summed E-state index contributed by atoms with van der Waals surface area (Å²) in [5.74, 6) is 0. The lowest BCUT2D eigenvalue weighted by molar-refractivity contribution is 0.216. The summed E-state index contributed by atoms with van der Waals surface area (Å²) in [6, 6.07) is 0. The predicted octanol–water partition coefficient (Wildman–Crippen LogP) is 4.48. The molecule has 0 fully saturated rings. The zero-order valence-electron chi connectivity index (χ0n) is 14.8. The minimum atomic E-state index is 0.161. The van der Waals surface area contributed by atoms with E-state index in [0.29, 0.717) is 0 Å². The Morgan fingerprint density at radius 2 is 1.71 bits per heavy atom. The Kier molecular flexibility index (Phi) is 6.48.